The predicted molar refractivity (Wildman–Crippen MR) is 78.4 cm³/mol. The van der Waals surface area contributed by atoms with Gasteiger partial charge in [0.2, 0.25) is 0 Å². The summed E-state index contributed by atoms with van der Waals surface area (Å²) in [5.41, 5.74) is -0.323. The second-order valence-corrected chi connectivity index (χ2v) is 4.48. The van der Waals surface area contributed by atoms with Crippen molar-refractivity contribution in [2.75, 3.05) is 11.9 Å². The molecule has 0 fully saturated rings. The Balaban J connectivity index is 1.96. The van der Waals surface area contributed by atoms with Crippen LogP contribution in [0.25, 0.3) is 0 Å². The molecule has 0 atom stereocenters. The summed E-state index contributed by atoms with van der Waals surface area (Å²) >= 11 is 0. The van der Waals surface area contributed by atoms with E-state index in [1.807, 2.05) is 0 Å². The standard InChI is InChI=1S/C16H12F3NO4/c17-11-6-2-3-7-12(11)20-14(21)9-23-15(22)10-5-1-4-8-13(10)24-16(18)19/h1-8,16H,9H2,(H,20,21). The van der Waals surface area contributed by atoms with Gasteiger partial charge in [-0.15, -0.1) is 0 Å². The number of para-hydroxylation sites is 2. The van der Waals surface area contributed by atoms with E-state index in [1.165, 1.54) is 42.5 Å². The fourth-order valence-corrected chi connectivity index (χ4v) is 1.79. The molecule has 0 saturated heterocycles. The number of benzene rings is 2. The van der Waals surface area contributed by atoms with Crippen molar-refractivity contribution in [2.24, 2.45) is 0 Å². The molecule has 0 bridgehead atoms. The van der Waals surface area contributed by atoms with Gasteiger partial charge in [0.25, 0.3) is 5.91 Å². The molecule has 0 radical (unpaired) electrons. The van der Waals surface area contributed by atoms with Crippen LogP contribution in [0.3, 0.4) is 0 Å². The van der Waals surface area contributed by atoms with E-state index >= 15 is 0 Å². The molecule has 2 aromatic rings. The minimum Gasteiger partial charge on any atom is -0.452 e. The van der Waals surface area contributed by atoms with Crippen LogP contribution in [0.5, 0.6) is 5.75 Å². The van der Waals surface area contributed by atoms with Crippen LogP contribution in [0.1, 0.15) is 10.4 Å². The normalized spacial score (nSPS) is 10.3. The zero-order valence-electron chi connectivity index (χ0n) is 12.2. The maximum atomic E-state index is 13.4. The molecule has 0 heterocycles. The van der Waals surface area contributed by atoms with Crippen molar-refractivity contribution in [1.29, 1.82) is 0 Å². The summed E-state index contributed by atoms with van der Waals surface area (Å²) in [6.07, 6.45) is 0. The van der Waals surface area contributed by atoms with Gasteiger partial charge in [0, 0.05) is 0 Å². The highest BCUT2D eigenvalue weighted by molar-refractivity contribution is 5.96. The average Bonchev–Trinajstić information content (AvgIpc) is 2.55. The minimum absolute atomic E-state index is 0.0695. The predicted octanol–water partition coefficient (Wildman–Crippen LogP) is 3.22. The van der Waals surface area contributed by atoms with Crippen molar-refractivity contribution in [3.8, 4) is 5.75 Å². The van der Waals surface area contributed by atoms with Crippen molar-refractivity contribution < 1.29 is 32.2 Å². The van der Waals surface area contributed by atoms with Crippen LogP contribution in [0.15, 0.2) is 48.5 Å². The number of halogens is 3. The number of nitrogens with one attached hydrogen (secondary N) is 1. The van der Waals surface area contributed by atoms with Crippen molar-refractivity contribution in [3.63, 3.8) is 0 Å². The third kappa shape index (κ3) is 4.73. The molecule has 0 spiro atoms. The smallest absolute Gasteiger partial charge is 0.387 e. The number of carbonyl (C=O) groups excluding carboxylic acids is 2. The van der Waals surface area contributed by atoms with E-state index in [2.05, 4.69) is 10.1 Å². The maximum absolute atomic E-state index is 13.4. The number of rotatable bonds is 6. The molecular weight excluding hydrogens is 327 g/mol. The number of ether oxygens (including phenoxy) is 2. The maximum Gasteiger partial charge on any atom is 0.387 e. The summed E-state index contributed by atoms with van der Waals surface area (Å²) in [6.45, 7) is -3.82. The van der Waals surface area contributed by atoms with Gasteiger partial charge in [-0.05, 0) is 24.3 Å². The van der Waals surface area contributed by atoms with E-state index < -0.39 is 30.9 Å². The van der Waals surface area contributed by atoms with E-state index in [0.717, 1.165) is 6.07 Å². The number of alkyl halides is 2. The van der Waals surface area contributed by atoms with Gasteiger partial charge in [0.05, 0.1) is 5.69 Å². The third-order valence-corrected chi connectivity index (χ3v) is 2.81. The first-order valence-corrected chi connectivity index (χ1v) is 6.72. The molecule has 0 unspecified atom stereocenters. The highest BCUT2D eigenvalue weighted by atomic mass is 19.3. The Morgan fingerprint density at radius 1 is 1.04 bits per heavy atom. The fourth-order valence-electron chi connectivity index (χ4n) is 1.79. The highest BCUT2D eigenvalue weighted by Crippen LogP contribution is 2.21. The van der Waals surface area contributed by atoms with E-state index in [4.69, 9.17) is 4.74 Å². The lowest BCUT2D eigenvalue weighted by Gasteiger charge is -2.10. The number of carbonyl (C=O) groups is 2. The lowest BCUT2D eigenvalue weighted by atomic mass is 10.2. The molecular formula is C16H12F3NO4. The minimum atomic E-state index is -3.11. The average molecular weight is 339 g/mol. The van der Waals surface area contributed by atoms with Gasteiger partial charge in [-0.3, -0.25) is 4.79 Å². The van der Waals surface area contributed by atoms with Crippen molar-refractivity contribution in [1.82, 2.24) is 0 Å². The van der Waals surface area contributed by atoms with Gasteiger partial charge in [0.1, 0.15) is 17.1 Å². The Morgan fingerprint density at radius 3 is 2.42 bits per heavy atom. The van der Waals surface area contributed by atoms with Gasteiger partial charge < -0.3 is 14.8 Å². The largest absolute Gasteiger partial charge is 0.452 e. The lowest BCUT2D eigenvalue weighted by molar-refractivity contribution is -0.119. The topological polar surface area (TPSA) is 64.6 Å². The molecule has 2 rings (SSSR count). The Morgan fingerprint density at radius 2 is 1.71 bits per heavy atom. The highest BCUT2D eigenvalue weighted by Gasteiger charge is 2.18. The van der Waals surface area contributed by atoms with Crippen molar-refractivity contribution >= 4 is 17.6 Å². The summed E-state index contributed by atoms with van der Waals surface area (Å²) in [5.74, 6) is -2.81. The molecule has 0 aliphatic carbocycles. The Kier molecular flexibility index (Phi) is 5.78. The molecule has 0 aliphatic heterocycles. The number of hydrogen-bond donors (Lipinski definition) is 1. The molecule has 24 heavy (non-hydrogen) atoms. The van der Waals surface area contributed by atoms with Crippen molar-refractivity contribution in [2.45, 2.75) is 6.61 Å². The van der Waals surface area contributed by atoms with Crippen LogP contribution >= 0.6 is 0 Å². The SMILES string of the molecule is O=C(COC(=O)c1ccccc1OC(F)F)Nc1ccccc1F. The van der Waals surface area contributed by atoms with E-state index in [-0.39, 0.29) is 17.0 Å². The van der Waals surface area contributed by atoms with E-state index in [9.17, 15) is 22.8 Å². The Hall–Kier alpha value is -3.03. The monoisotopic (exact) mass is 339 g/mol. The second-order valence-electron chi connectivity index (χ2n) is 4.48. The van der Waals surface area contributed by atoms with Crippen LogP contribution in [0.2, 0.25) is 0 Å². The first kappa shape index (κ1) is 17.3. The number of hydrogen-bond acceptors (Lipinski definition) is 4. The molecule has 0 saturated carbocycles. The van der Waals surface area contributed by atoms with E-state index in [1.54, 1.807) is 0 Å². The summed E-state index contributed by atoms with van der Waals surface area (Å²) in [4.78, 5) is 23.5. The zero-order chi connectivity index (χ0) is 17.5. The van der Waals surface area contributed by atoms with Gasteiger partial charge in [-0.2, -0.15) is 8.78 Å². The van der Waals surface area contributed by atoms with Crippen LogP contribution in [0, 0.1) is 5.82 Å². The number of anilines is 1. The number of esters is 1. The van der Waals surface area contributed by atoms with Crippen LogP contribution < -0.4 is 10.1 Å². The van der Waals surface area contributed by atoms with Crippen LogP contribution in [-0.4, -0.2) is 25.1 Å². The van der Waals surface area contributed by atoms with Crippen LogP contribution in [0.4, 0.5) is 18.9 Å². The number of amides is 1. The summed E-state index contributed by atoms with van der Waals surface area (Å²) in [6, 6.07) is 10.7. The summed E-state index contributed by atoms with van der Waals surface area (Å²) < 4.78 is 46.9. The fraction of sp³-hybridized carbons (Fsp3) is 0.125. The van der Waals surface area contributed by atoms with Gasteiger partial charge in [-0.25, -0.2) is 9.18 Å². The summed E-state index contributed by atoms with van der Waals surface area (Å²) in [7, 11) is 0. The van der Waals surface area contributed by atoms with Gasteiger partial charge in [-0.1, -0.05) is 24.3 Å². The molecule has 126 valence electrons. The molecule has 0 aliphatic rings. The molecule has 1 N–H and O–H groups in total. The zero-order valence-corrected chi connectivity index (χ0v) is 12.2. The molecule has 2 aromatic carbocycles. The quantitative estimate of drug-likeness (QED) is 0.821. The molecule has 0 aromatic heterocycles. The first-order chi connectivity index (χ1) is 11.5. The van der Waals surface area contributed by atoms with E-state index in [0.29, 0.717) is 0 Å². The first-order valence-electron chi connectivity index (χ1n) is 6.72. The second kappa shape index (κ2) is 8.00. The van der Waals surface area contributed by atoms with Crippen molar-refractivity contribution in [3.05, 3.63) is 59.9 Å². The third-order valence-electron chi connectivity index (χ3n) is 2.81. The Bertz CT molecular complexity index is 737. The summed E-state index contributed by atoms with van der Waals surface area (Å²) in [5, 5.41) is 2.22. The molecule has 8 heteroatoms. The van der Waals surface area contributed by atoms with Crippen LogP contribution in [-0.2, 0) is 9.53 Å². The molecule has 1 amide bonds. The van der Waals surface area contributed by atoms with Gasteiger partial charge in [0.15, 0.2) is 6.61 Å². The van der Waals surface area contributed by atoms with Gasteiger partial charge >= 0.3 is 12.6 Å². The Labute approximate surface area is 135 Å². The molecule has 5 nitrogen and oxygen atoms in total. The lowest BCUT2D eigenvalue weighted by Crippen LogP contribution is -2.21.